The molecule has 676 valence electrons. The van der Waals surface area contributed by atoms with Gasteiger partial charge in [0.1, 0.15) is 85.3 Å². The first-order valence-corrected chi connectivity index (χ1v) is 43.2. The molecular weight excluding hydrogens is 1640 g/mol. The Kier molecular flexibility index (Phi) is 41.0. The Morgan fingerprint density at radius 2 is 0.500 bits per heavy atom. The van der Waals surface area contributed by atoms with E-state index in [0.29, 0.717) is 30.4 Å². The van der Waals surface area contributed by atoms with E-state index < -0.39 is 65.1 Å². The van der Waals surface area contributed by atoms with Crippen LogP contribution >= 0.6 is 0 Å². The summed E-state index contributed by atoms with van der Waals surface area (Å²) >= 11 is 0. The Balaban J connectivity index is 0.000000219. The van der Waals surface area contributed by atoms with Gasteiger partial charge in [-0.2, -0.15) is 0 Å². The van der Waals surface area contributed by atoms with Gasteiger partial charge in [0.25, 0.3) is 0 Å². The number of phenols is 5. The summed E-state index contributed by atoms with van der Waals surface area (Å²) in [6, 6.07) is 52.7. The van der Waals surface area contributed by atoms with Gasteiger partial charge in [0.15, 0.2) is 0 Å². The van der Waals surface area contributed by atoms with Crippen LogP contribution in [0.25, 0.3) is 0 Å². The fourth-order valence-corrected chi connectivity index (χ4v) is 14.0. The number of phenolic OH excluding ortho intramolecular Hbond substituents is 5. The van der Waals surface area contributed by atoms with Gasteiger partial charge in [-0.05, 0) is 237 Å². The van der Waals surface area contributed by atoms with Gasteiger partial charge in [-0.1, -0.05) is 211 Å². The number of hydrogen-bond donors (Lipinski definition) is 10. The average molecular weight is 1750 g/mol. The highest BCUT2D eigenvalue weighted by atomic mass is 16.6. The lowest BCUT2D eigenvalue weighted by atomic mass is 9.83. The number of rotatable bonds is 36. The topological polar surface area (TPSA) is 419 Å². The van der Waals surface area contributed by atoms with Crippen LogP contribution in [-0.2, 0) is 24.7 Å². The quantitative estimate of drug-likeness (QED) is 0.00990. The molecule has 1 fully saturated rings. The third-order valence-electron chi connectivity index (χ3n) is 21.0. The molecule has 0 aliphatic heterocycles. The Morgan fingerprint density at radius 3 is 0.773 bits per heavy atom. The van der Waals surface area contributed by atoms with Gasteiger partial charge in [0.05, 0.1) is 27.8 Å². The molecule has 0 radical (unpaired) electrons. The van der Waals surface area contributed by atoms with E-state index in [-0.39, 0.29) is 119 Å². The zero-order chi connectivity index (χ0) is 93.2. The first kappa shape index (κ1) is 101. The molecule has 0 heterocycles. The number of carboxylic acids is 5. The van der Waals surface area contributed by atoms with E-state index in [1.807, 2.05) is 32.9 Å². The van der Waals surface area contributed by atoms with Crippen LogP contribution in [0, 0.1) is 0 Å². The third-order valence-corrected chi connectivity index (χ3v) is 21.0. The van der Waals surface area contributed by atoms with Crippen LogP contribution in [0.15, 0.2) is 212 Å². The zero-order valence-electron chi connectivity index (χ0n) is 73.1. The lowest BCUT2D eigenvalue weighted by Gasteiger charge is -2.24. The molecule has 1 saturated carbocycles. The largest absolute Gasteiger partial charge is 0.508 e. The molecule has 25 nitrogen and oxygen atoms in total. The van der Waals surface area contributed by atoms with Crippen molar-refractivity contribution in [2.24, 2.45) is 0 Å². The first-order chi connectivity index (χ1) is 61.3. The molecule has 0 atom stereocenters. The number of para-hydroxylation sites is 5. The maximum atomic E-state index is 12.4. The molecule has 0 spiro atoms. The van der Waals surface area contributed by atoms with Crippen molar-refractivity contribution in [3.8, 4) is 57.5 Å². The van der Waals surface area contributed by atoms with Gasteiger partial charge in [0, 0.05) is 5.56 Å². The zero-order valence-corrected chi connectivity index (χ0v) is 73.1. The van der Waals surface area contributed by atoms with Gasteiger partial charge in [0.2, 0.25) is 0 Å². The van der Waals surface area contributed by atoms with Crippen molar-refractivity contribution in [1.82, 2.24) is 0 Å². The summed E-state index contributed by atoms with van der Waals surface area (Å²) in [5.41, 5.74) is 4.26. The van der Waals surface area contributed by atoms with E-state index >= 15 is 0 Å². The van der Waals surface area contributed by atoms with Crippen molar-refractivity contribution in [3.63, 3.8) is 0 Å². The van der Waals surface area contributed by atoms with E-state index in [1.165, 1.54) is 203 Å². The highest BCUT2D eigenvalue weighted by molar-refractivity contribution is 6.00. The van der Waals surface area contributed by atoms with Crippen molar-refractivity contribution in [1.29, 1.82) is 0 Å². The Bertz CT molecular complexity index is 5330. The van der Waals surface area contributed by atoms with E-state index in [1.54, 1.807) is 48.5 Å². The van der Waals surface area contributed by atoms with Gasteiger partial charge < -0.3 is 74.7 Å². The van der Waals surface area contributed by atoms with Crippen LogP contribution in [0.5, 0.6) is 57.5 Å². The number of carboxylic acid groups (broad SMARTS) is 5. The summed E-state index contributed by atoms with van der Waals surface area (Å²) in [5.74, 6) is -8.01. The maximum Gasteiger partial charge on any atom is 0.343 e. The Morgan fingerprint density at radius 1 is 0.273 bits per heavy atom. The molecule has 25 heteroatoms. The second-order valence-electron chi connectivity index (χ2n) is 31.8. The predicted molar refractivity (Wildman–Crippen MR) is 483 cm³/mol. The minimum absolute atomic E-state index is 0.00444. The molecule has 128 heavy (non-hydrogen) atoms. The SMILES string of the molecule is CC(C)(C)c1cccc(C(=O)O)c1OC(=O)c1ccc(O)cc1.CCCCCCCCCc1cccc(C(=O)O)c1OC(=O)c1ccc(O)cc1.CCCCCCCCc1cccc(C(=O)O)c1OC(=O)c1ccc(O)cc1.CCCCCCc1cccc(C(=O)O)c1OC(=O)c1ccc(O)cc1.O=C(Oc1c(C(=O)O)cccc1C1CCCCC1)c1ccc(O)cc1. The van der Waals surface area contributed by atoms with Gasteiger partial charge in [-0.15, -0.1) is 0 Å². The van der Waals surface area contributed by atoms with Crippen molar-refractivity contribution >= 4 is 59.7 Å². The van der Waals surface area contributed by atoms with Crippen molar-refractivity contribution in [3.05, 3.63) is 296 Å². The number of aromatic hydroxyl groups is 5. The molecule has 1 aliphatic rings. The number of hydrogen-bond acceptors (Lipinski definition) is 20. The molecule has 11 rings (SSSR count). The summed E-state index contributed by atoms with van der Waals surface area (Å²) in [6.07, 6.45) is 26.2. The van der Waals surface area contributed by atoms with Crippen LogP contribution in [0.2, 0.25) is 0 Å². The summed E-state index contributed by atoms with van der Waals surface area (Å²) in [4.78, 5) is 120. The van der Waals surface area contributed by atoms with E-state index in [4.69, 9.17) is 23.7 Å². The fraction of sp³-hybridized carbons (Fsp3) is 0.320. The minimum Gasteiger partial charge on any atom is -0.508 e. The second-order valence-corrected chi connectivity index (χ2v) is 31.8. The molecule has 10 aromatic rings. The molecular formula is C103H114O25. The van der Waals surface area contributed by atoms with Gasteiger partial charge >= 0.3 is 59.7 Å². The van der Waals surface area contributed by atoms with Crippen LogP contribution < -0.4 is 23.7 Å². The lowest BCUT2D eigenvalue weighted by Crippen LogP contribution is -2.19. The van der Waals surface area contributed by atoms with Crippen LogP contribution in [0.4, 0.5) is 0 Å². The standard InChI is InChI=1S/C23H28O5.C22H26O5.C20H20O5.C20H22O5.C18H18O5/c1-2-3-4-5-6-7-8-10-17-11-9-12-20(22(25)26)21(17)28-23(27)18-13-15-19(24)16-14-18;1-2-3-4-5-6-7-9-16-10-8-11-19(21(24)25)20(16)27-22(26)17-12-14-18(23)15-13-17;21-15-11-9-14(10-12-15)20(24)25-18-16(13-5-2-1-3-6-13)7-4-8-17(18)19(22)23;1-2-3-4-5-7-14-8-6-9-17(19(22)23)18(14)25-20(24)15-10-12-16(21)13-11-15;1-18(2,3)14-6-4-5-13(16(20)21)15(14)23-17(22)11-7-9-12(19)10-8-11/h9,11-16,24H,2-8,10H2,1H3,(H,25,26);8,10-15,23H,2-7,9H2,1H3,(H,24,25);4,7-13,21H,1-3,5-6H2,(H,22,23);6,8-13,21H,2-5,7H2,1H3,(H,22,23);4-10,19H,1-3H3,(H,20,21). The van der Waals surface area contributed by atoms with Crippen LogP contribution in [0.1, 0.15) is 320 Å². The fourth-order valence-electron chi connectivity index (χ4n) is 14.0. The number of benzene rings is 10. The second kappa shape index (κ2) is 52.0. The smallest absolute Gasteiger partial charge is 0.343 e. The number of ether oxygens (including phenoxy) is 5. The lowest BCUT2D eigenvalue weighted by molar-refractivity contribution is 0.0660. The molecule has 0 amide bonds. The Labute approximate surface area is 745 Å². The minimum atomic E-state index is -1.16. The number of unbranched alkanes of at least 4 members (excludes halogenated alkanes) is 14. The molecule has 10 aromatic carbocycles. The number of carbonyl (C=O) groups is 10. The summed E-state index contributed by atoms with van der Waals surface area (Å²) < 4.78 is 27.3. The number of carbonyl (C=O) groups excluding carboxylic acids is 5. The van der Waals surface area contributed by atoms with E-state index in [2.05, 4.69) is 20.8 Å². The number of esters is 5. The predicted octanol–water partition coefficient (Wildman–Crippen LogP) is 23.2. The first-order valence-electron chi connectivity index (χ1n) is 43.2. The molecule has 0 unspecified atom stereocenters. The molecule has 10 N–H and O–H groups in total. The van der Waals surface area contributed by atoms with Crippen LogP contribution in [0.3, 0.4) is 0 Å². The summed E-state index contributed by atoms with van der Waals surface area (Å²) in [6.45, 7) is 12.2. The monoisotopic (exact) mass is 1750 g/mol. The molecule has 1 aliphatic carbocycles. The van der Waals surface area contributed by atoms with E-state index in [9.17, 15) is 99.0 Å². The van der Waals surface area contributed by atoms with Crippen molar-refractivity contribution in [2.45, 2.75) is 213 Å². The molecule has 0 saturated heterocycles. The van der Waals surface area contributed by atoms with Gasteiger partial charge in [-0.3, -0.25) is 0 Å². The summed E-state index contributed by atoms with van der Waals surface area (Å²) in [5, 5.41) is 93.7. The highest BCUT2D eigenvalue weighted by Gasteiger charge is 2.30. The molecule has 0 aromatic heterocycles. The number of aromatic carboxylic acids is 5. The maximum absolute atomic E-state index is 12.4. The normalized spacial score (nSPS) is 11.5. The summed E-state index contributed by atoms with van der Waals surface area (Å²) in [7, 11) is 0. The number of aryl methyl sites for hydroxylation is 3. The van der Waals surface area contributed by atoms with E-state index in [0.717, 1.165) is 107 Å². The van der Waals surface area contributed by atoms with Crippen LogP contribution in [-0.4, -0.2) is 111 Å². The van der Waals surface area contributed by atoms with Gasteiger partial charge in [-0.25, -0.2) is 47.9 Å². The highest BCUT2D eigenvalue weighted by Crippen LogP contribution is 2.41. The molecule has 0 bridgehead atoms. The van der Waals surface area contributed by atoms with Crippen molar-refractivity contribution in [2.75, 3.05) is 0 Å². The average Bonchev–Trinajstić information content (AvgIpc) is 0.818. The van der Waals surface area contributed by atoms with Crippen molar-refractivity contribution < 1.29 is 123 Å². The third kappa shape index (κ3) is 32.1. The Hall–Kier alpha value is -14.1.